The van der Waals surface area contributed by atoms with Gasteiger partial charge >= 0.3 is 6.36 Å². The number of para-hydroxylation sites is 1. The molecule has 0 fully saturated rings. The highest BCUT2D eigenvalue weighted by molar-refractivity contribution is 5.35. The van der Waals surface area contributed by atoms with Crippen molar-refractivity contribution in [3.05, 3.63) is 29.8 Å². The highest BCUT2D eigenvalue weighted by atomic mass is 19.4. The molecule has 0 spiro atoms. The van der Waals surface area contributed by atoms with Gasteiger partial charge in [0.15, 0.2) is 0 Å². The van der Waals surface area contributed by atoms with Crippen LogP contribution in [0.1, 0.15) is 32.4 Å². The quantitative estimate of drug-likeness (QED) is 0.869. The highest BCUT2D eigenvalue weighted by Crippen LogP contribution is 2.34. The van der Waals surface area contributed by atoms with Crippen molar-refractivity contribution in [2.75, 3.05) is 6.61 Å². The molecule has 3 nitrogen and oxygen atoms in total. The molecule has 0 saturated carbocycles. The maximum atomic E-state index is 12.4. The van der Waals surface area contributed by atoms with Crippen LogP contribution in [0, 0.1) is 5.92 Å². The van der Waals surface area contributed by atoms with Gasteiger partial charge in [-0.1, -0.05) is 32.0 Å². The van der Waals surface area contributed by atoms with E-state index in [1.165, 1.54) is 18.2 Å². The monoisotopic (exact) mass is 292 g/mol. The van der Waals surface area contributed by atoms with Crippen molar-refractivity contribution in [2.24, 2.45) is 5.92 Å². The van der Waals surface area contributed by atoms with Gasteiger partial charge in [0.05, 0.1) is 6.10 Å². The summed E-state index contributed by atoms with van der Waals surface area (Å²) in [6, 6.07) is 5.54. The van der Waals surface area contributed by atoms with Gasteiger partial charge in [0.1, 0.15) is 11.9 Å². The maximum absolute atomic E-state index is 12.4. The Morgan fingerprint density at radius 3 is 2.30 bits per heavy atom. The summed E-state index contributed by atoms with van der Waals surface area (Å²) in [5.41, 5.74) is 0.0666. The number of hydrogen-bond donors (Lipinski definition) is 1. The van der Waals surface area contributed by atoms with Crippen LogP contribution in [0.2, 0.25) is 0 Å². The SMILES string of the molecule is CCOC(C(C)C)C(O)c1ccccc1OC(F)(F)F. The second-order valence-corrected chi connectivity index (χ2v) is 4.69. The van der Waals surface area contributed by atoms with Crippen LogP contribution in [0.15, 0.2) is 24.3 Å². The van der Waals surface area contributed by atoms with Gasteiger partial charge in [0, 0.05) is 12.2 Å². The standard InChI is InChI=1S/C14H19F3O3/c1-4-19-13(9(2)3)12(18)10-7-5-6-8-11(10)20-14(15,16)17/h5-9,12-13,18H,4H2,1-3H3. The van der Waals surface area contributed by atoms with E-state index in [1.807, 2.05) is 13.8 Å². The highest BCUT2D eigenvalue weighted by Gasteiger charge is 2.34. The number of benzene rings is 1. The first-order valence-corrected chi connectivity index (χ1v) is 6.40. The Bertz CT molecular complexity index is 418. The van der Waals surface area contributed by atoms with E-state index in [2.05, 4.69) is 4.74 Å². The van der Waals surface area contributed by atoms with Crippen LogP contribution in [0.25, 0.3) is 0 Å². The van der Waals surface area contributed by atoms with Gasteiger partial charge in [0.2, 0.25) is 0 Å². The number of aliphatic hydroxyl groups is 1. The topological polar surface area (TPSA) is 38.7 Å². The average molecular weight is 292 g/mol. The summed E-state index contributed by atoms with van der Waals surface area (Å²) in [6.07, 6.45) is -6.58. The second kappa shape index (κ2) is 6.95. The Labute approximate surface area is 116 Å². The molecule has 6 heteroatoms. The Hall–Kier alpha value is -1.27. The van der Waals surface area contributed by atoms with E-state index in [9.17, 15) is 18.3 Å². The van der Waals surface area contributed by atoms with Gasteiger partial charge in [-0.2, -0.15) is 0 Å². The van der Waals surface area contributed by atoms with Crippen molar-refractivity contribution in [1.29, 1.82) is 0 Å². The fourth-order valence-electron chi connectivity index (χ4n) is 1.96. The molecule has 0 heterocycles. The molecule has 2 atom stereocenters. The summed E-state index contributed by atoms with van der Waals surface area (Å²) in [5, 5.41) is 10.3. The lowest BCUT2D eigenvalue weighted by Crippen LogP contribution is -2.29. The number of halogens is 3. The van der Waals surface area contributed by atoms with Crippen LogP contribution in [0.3, 0.4) is 0 Å². The summed E-state index contributed by atoms with van der Waals surface area (Å²) in [5.74, 6) is -0.457. The first-order chi connectivity index (χ1) is 9.26. The van der Waals surface area contributed by atoms with Crippen LogP contribution in [0.4, 0.5) is 13.2 Å². The minimum absolute atomic E-state index is 0.0520. The molecule has 2 unspecified atom stereocenters. The molecule has 0 aliphatic carbocycles. The molecule has 1 rings (SSSR count). The molecule has 0 aliphatic rings. The van der Waals surface area contributed by atoms with Crippen LogP contribution >= 0.6 is 0 Å². The van der Waals surface area contributed by atoms with Gasteiger partial charge in [0.25, 0.3) is 0 Å². The zero-order valence-electron chi connectivity index (χ0n) is 11.6. The molecule has 20 heavy (non-hydrogen) atoms. The predicted octanol–water partition coefficient (Wildman–Crippen LogP) is 3.68. The van der Waals surface area contributed by atoms with Gasteiger partial charge in [-0.15, -0.1) is 13.2 Å². The third-order valence-electron chi connectivity index (χ3n) is 2.79. The molecule has 0 aliphatic heterocycles. The molecule has 0 aromatic heterocycles. The lowest BCUT2D eigenvalue weighted by atomic mass is 9.95. The Morgan fingerprint density at radius 1 is 1.20 bits per heavy atom. The third kappa shape index (κ3) is 4.68. The van der Waals surface area contributed by atoms with Gasteiger partial charge in [-0.3, -0.25) is 0 Å². The van der Waals surface area contributed by atoms with Crippen molar-refractivity contribution in [3.8, 4) is 5.75 Å². The predicted molar refractivity (Wildman–Crippen MR) is 68.3 cm³/mol. The summed E-state index contributed by atoms with van der Waals surface area (Å²) >= 11 is 0. The van der Waals surface area contributed by atoms with E-state index in [0.29, 0.717) is 6.61 Å². The molecule has 1 aromatic carbocycles. The molecule has 0 amide bonds. The van der Waals surface area contributed by atoms with E-state index in [0.717, 1.165) is 0 Å². The van der Waals surface area contributed by atoms with Crippen LogP contribution in [-0.4, -0.2) is 24.2 Å². The first-order valence-electron chi connectivity index (χ1n) is 6.40. The van der Waals surface area contributed by atoms with Crippen molar-refractivity contribution >= 4 is 0 Å². The molecular formula is C14H19F3O3. The zero-order valence-corrected chi connectivity index (χ0v) is 11.6. The molecule has 114 valence electrons. The second-order valence-electron chi connectivity index (χ2n) is 4.69. The maximum Gasteiger partial charge on any atom is 0.573 e. The fraction of sp³-hybridized carbons (Fsp3) is 0.571. The lowest BCUT2D eigenvalue weighted by Gasteiger charge is -2.27. The average Bonchev–Trinajstić information content (AvgIpc) is 2.33. The molecule has 0 saturated heterocycles. The van der Waals surface area contributed by atoms with Gasteiger partial charge in [-0.05, 0) is 18.9 Å². The van der Waals surface area contributed by atoms with Gasteiger partial charge in [-0.25, -0.2) is 0 Å². The van der Waals surface area contributed by atoms with Crippen LogP contribution < -0.4 is 4.74 Å². The number of ether oxygens (including phenoxy) is 2. The van der Waals surface area contributed by atoms with E-state index < -0.39 is 24.3 Å². The summed E-state index contributed by atoms with van der Waals surface area (Å²) in [6.45, 7) is 5.79. The Kier molecular flexibility index (Phi) is 5.83. The van der Waals surface area contributed by atoms with E-state index in [1.54, 1.807) is 13.0 Å². The molecule has 1 N–H and O–H groups in total. The number of alkyl halides is 3. The molecule has 1 aromatic rings. The van der Waals surface area contributed by atoms with Gasteiger partial charge < -0.3 is 14.6 Å². The van der Waals surface area contributed by atoms with Crippen molar-refractivity contribution < 1.29 is 27.8 Å². The molecular weight excluding hydrogens is 273 g/mol. The summed E-state index contributed by atoms with van der Waals surface area (Å²) < 4.78 is 46.4. The normalized spacial score (nSPS) is 15.2. The van der Waals surface area contributed by atoms with Crippen molar-refractivity contribution in [1.82, 2.24) is 0 Å². The smallest absolute Gasteiger partial charge is 0.405 e. The minimum atomic E-state index is -4.80. The summed E-state index contributed by atoms with van der Waals surface area (Å²) in [7, 11) is 0. The zero-order chi connectivity index (χ0) is 15.3. The Morgan fingerprint density at radius 2 is 1.80 bits per heavy atom. The summed E-state index contributed by atoms with van der Waals surface area (Å²) in [4.78, 5) is 0. The lowest BCUT2D eigenvalue weighted by molar-refractivity contribution is -0.275. The molecule has 0 bridgehead atoms. The largest absolute Gasteiger partial charge is 0.573 e. The van der Waals surface area contributed by atoms with Crippen LogP contribution in [-0.2, 0) is 4.74 Å². The minimum Gasteiger partial charge on any atom is -0.405 e. The first kappa shape index (κ1) is 16.8. The van der Waals surface area contributed by atoms with Crippen molar-refractivity contribution in [3.63, 3.8) is 0 Å². The number of aliphatic hydroxyl groups excluding tert-OH is 1. The fourth-order valence-corrected chi connectivity index (χ4v) is 1.96. The van der Waals surface area contributed by atoms with Crippen molar-refractivity contribution in [2.45, 2.75) is 39.3 Å². The van der Waals surface area contributed by atoms with E-state index in [4.69, 9.17) is 4.74 Å². The third-order valence-corrected chi connectivity index (χ3v) is 2.79. The van der Waals surface area contributed by atoms with Crippen LogP contribution in [0.5, 0.6) is 5.75 Å². The van der Waals surface area contributed by atoms with E-state index >= 15 is 0 Å². The Balaban J connectivity index is 3.05. The number of rotatable bonds is 6. The van der Waals surface area contributed by atoms with E-state index in [-0.39, 0.29) is 11.5 Å². The molecule has 0 radical (unpaired) electrons. The number of hydrogen-bond acceptors (Lipinski definition) is 3.